The zero-order valence-corrected chi connectivity index (χ0v) is 10.2. The normalized spacial score (nSPS) is 20.1. The van der Waals surface area contributed by atoms with E-state index in [2.05, 4.69) is 5.10 Å². The molecule has 0 unspecified atom stereocenters. The molecule has 0 amide bonds. The van der Waals surface area contributed by atoms with Crippen LogP contribution in [-0.2, 0) is 5.41 Å². The Bertz CT molecular complexity index is 480. The molecule has 0 atom stereocenters. The molecule has 5 heteroatoms. The molecule has 3 nitrogen and oxygen atoms in total. The lowest BCUT2D eigenvalue weighted by atomic mass is 9.88. The minimum atomic E-state index is -2.64. The van der Waals surface area contributed by atoms with E-state index in [0.717, 1.165) is 5.69 Å². The molecule has 0 aliphatic heterocycles. The van der Waals surface area contributed by atoms with Gasteiger partial charge in [-0.2, -0.15) is 5.10 Å². The molecule has 17 heavy (non-hydrogen) atoms. The molecule has 1 aromatic rings. The maximum atomic E-state index is 12.8. The number of alkyl halides is 2. The van der Waals surface area contributed by atoms with Crippen LogP contribution in [0.3, 0.4) is 0 Å². The summed E-state index contributed by atoms with van der Waals surface area (Å²) < 4.78 is 26.8. The first-order valence-corrected chi connectivity index (χ1v) is 5.67. The fraction of sp³-hybridized carbons (Fsp3) is 0.667. The van der Waals surface area contributed by atoms with E-state index in [0.29, 0.717) is 0 Å². The van der Waals surface area contributed by atoms with Crippen LogP contribution >= 0.6 is 0 Å². The smallest absolute Gasteiger partial charge is 0.267 e. The summed E-state index contributed by atoms with van der Waals surface area (Å²) in [4.78, 5) is 11.6. The van der Waals surface area contributed by atoms with Crippen molar-refractivity contribution in [2.45, 2.75) is 51.0 Å². The zero-order chi connectivity index (χ0) is 12.8. The second-order valence-corrected chi connectivity index (χ2v) is 5.67. The second-order valence-electron chi connectivity index (χ2n) is 5.67. The Kier molecular flexibility index (Phi) is 2.60. The standard InChI is InChI=1S/C12H16F2N2O/c1-11(2,3)9-4-5-10(17)16(15-9)8-6-12(13,14)7-8/h4-5,8H,6-7H2,1-3H3. The van der Waals surface area contributed by atoms with Gasteiger partial charge >= 0.3 is 0 Å². The highest BCUT2D eigenvalue weighted by atomic mass is 19.3. The van der Waals surface area contributed by atoms with Crippen LogP contribution < -0.4 is 5.56 Å². The molecule has 1 aromatic heterocycles. The lowest BCUT2D eigenvalue weighted by Crippen LogP contribution is -2.42. The fourth-order valence-corrected chi connectivity index (χ4v) is 1.89. The molecule has 1 heterocycles. The van der Waals surface area contributed by atoms with Crippen molar-refractivity contribution in [2.75, 3.05) is 0 Å². The molecule has 1 aliphatic rings. The highest BCUT2D eigenvalue weighted by molar-refractivity contribution is 5.11. The predicted molar refractivity (Wildman–Crippen MR) is 60.4 cm³/mol. The average Bonchev–Trinajstić information content (AvgIpc) is 2.13. The van der Waals surface area contributed by atoms with Gasteiger partial charge in [0.1, 0.15) is 0 Å². The van der Waals surface area contributed by atoms with E-state index in [1.54, 1.807) is 6.07 Å². The Morgan fingerprint density at radius 1 is 1.35 bits per heavy atom. The van der Waals surface area contributed by atoms with Crippen molar-refractivity contribution in [2.24, 2.45) is 0 Å². The molecule has 0 N–H and O–H groups in total. The molecule has 2 rings (SSSR count). The number of aromatic nitrogens is 2. The first-order valence-electron chi connectivity index (χ1n) is 5.67. The third kappa shape index (κ3) is 2.37. The predicted octanol–water partition coefficient (Wildman–Crippen LogP) is 2.51. The molecular weight excluding hydrogens is 226 g/mol. The van der Waals surface area contributed by atoms with Gasteiger partial charge in [-0.3, -0.25) is 4.79 Å². The van der Waals surface area contributed by atoms with Crippen molar-refractivity contribution in [1.29, 1.82) is 0 Å². The molecule has 0 aromatic carbocycles. The average molecular weight is 242 g/mol. The lowest BCUT2D eigenvalue weighted by molar-refractivity contribution is -0.108. The van der Waals surface area contributed by atoms with Gasteiger partial charge in [0.2, 0.25) is 0 Å². The van der Waals surface area contributed by atoms with E-state index >= 15 is 0 Å². The van der Waals surface area contributed by atoms with Gasteiger partial charge in [0.15, 0.2) is 0 Å². The third-order valence-corrected chi connectivity index (χ3v) is 3.01. The van der Waals surface area contributed by atoms with Gasteiger partial charge in [-0.15, -0.1) is 0 Å². The Morgan fingerprint density at radius 3 is 2.41 bits per heavy atom. The SMILES string of the molecule is CC(C)(C)c1ccc(=O)n(C2CC(F)(F)C2)n1. The monoisotopic (exact) mass is 242 g/mol. The molecule has 0 bridgehead atoms. The van der Waals surface area contributed by atoms with Crippen LogP contribution in [0.4, 0.5) is 8.78 Å². The van der Waals surface area contributed by atoms with Crippen LogP contribution in [0, 0.1) is 0 Å². The first-order chi connectivity index (χ1) is 7.69. The quantitative estimate of drug-likeness (QED) is 0.758. The Morgan fingerprint density at radius 2 is 1.94 bits per heavy atom. The minimum Gasteiger partial charge on any atom is -0.268 e. The molecule has 1 saturated carbocycles. The summed E-state index contributed by atoms with van der Waals surface area (Å²) in [7, 11) is 0. The van der Waals surface area contributed by atoms with Crippen molar-refractivity contribution in [3.8, 4) is 0 Å². The summed E-state index contributed by atoms with van der Waals surface area (Å²) in [5.74, 6) is -2.64. The van der Waals surface area contributed by atoms with Gasteiger partial charge in [0.25, 0.3) is 11.5 Å². The van der Waals surface area contributed by atoms with Gasteiger partial charge in [0, 0.05) is 24.3 Å². The van der Waals surface area contributed by atoms with E-state index in [1.807, 2.05) is 20.8 Å². The second kappa shape index (κ2) is 3.62. The third-order valence-electron chi connectivity index (χ3n) is 3.01. The van der Waals surface area contributed by atoms with Gasteiger partial charge in [-0.25, -0.2) is 13.5 Å². The van der Waals surface area contributed by atoms with Crippen molar-refractivity contribution < 1.29 is 8.78 Å². The molecular formula is C12H16F2N2O. The van der Waals surface area contributed by atoms with Crippen LogP contribution in [0.25, 0.3) is 0 Å². The lowest BCUT2D eigenvalue weighted by Gasteiger charge is -2.35. The van der Waals surface area contributed by atoms with Crippen LogP contribution in [0.15, 0.2) is 16.9 Å². The summed E-state index contributed by atoms with van der Waals surface area (Å²) >= 11 is 0. The summed E-state index contributed by atoms with van der Waals surface area (Å²) in [5, 5.41) is 4.20. The van der Waals surface area contributed by atoms with E-state index in [9.17, 15) is 13.6 Å². The number of rotatable bonds is 1. The van der Waals surface area contributed by atoms with Crippen molar-refractivity contribution >= 4 is 0 Å². The number of hydrogen-bond donors (Lipinski definition) is 0. The maximum Gasteiger partial charge on any atom is 0.267 e. The fourth-order valence-electron chi connectivity index (χ4n) is 1.89. The Labute approximate surface area is 98.5 Å². The minimum absolute atomic E-state index is 0.193. The van der Waals surface area contributed by atoms with Gasteiger partial charge in [-0.1, -0.05) is 20.8 Å². The highest BCUT2D eigenvalue weighted by Crippen LogP contribution is 2.44. The topological polar surface area (TPSA) is 34.9 Å². The molecule has 1 aliphatic carbocycles. The summed E-state index contributed by atoms with van der Waals surface area (Å²) in [6.45, 7) is 5.92. The number of nitrogens with zero attached hydrogens (tertiary/aromatic N) is 2. The van der Waals surface area contributed by atoms with E-state index < -0.39 is 12.0 Å². The van der Waals surface area contributed by atoms with Crippen LogP contribution in [0.5, 0.6) is 0 Å². The van der Waals surface area contributed by atoms with Crippen LogP contribution in [0.2, 0.25) is 0 Å². The van der Waals surface area contributed by atoms with Crippen LogP contribution in [0.1, 0.15) is 45.3 Å². The van der Waals surface area contributed by atoms with E-state index in [4.69, 9.17) is 0 Å². The summed E-state index contributed by atoms with van der Waals surface area (Å²) in [6, 6.07) is 2.61. The van der Waals surface area contributed by atoms with Crippen LogP contribution in [-0.4, -0.2) is 15.7 Å². The molecule has 0 radical (unpaired) electrons. The Hall–Kier alpha value is -1.26. The summed E-state index contributed by atoms with van der Waals surface area (Å²) in [6.07, 6.45) is -0.568. The van der Waals surface area contributed by atoms with E-state index in [1.165, 1.54) is 10.7 Å². The van der Waals surface area contributed by atoms with Gasteiger partial charge in [-0.05, 0) is 6.07 Å². The molecule has 1 fully saturated rings. The molecule has 0 saturated heterocycles. The highest BCUT2D eigenvalue weighted by Gasteiger charge is 2.47. The number of hydrogen-bond acceptors (Lipinski definition) is 2. The van der Waals surface area contributed by atoms with Gasteiger partial charge < -0.3 is 0 Å². The van der Waals surface area contributed by atoms with E-state index in [-0.39, 0.29) is 23.8 Å². The molecule has 0 spiro atoms. The zero-order valence-electron chi connectivity index (χ0n) is 10.2. The first kappa shape index (κ1) is 12.2. The maximum absolute atomic E-state index is 12.8. The largest absolute Gasteiger partial charge is 0.268 e. The van der Waals surface area contributed by atoms with Gasteiger partial charge in [0.05, 0.1) is 11.7 Å². The van der Waals surface area contributed by atoms with Crippen molar-refractivity contribution in [3.63, 3.8) is 0 Å². The van der Waals surface area contributed by atoms with Crippen molar-refractivity contribution in [1.82, 2.24) is 9.78 Å². The van der Waals surface area contributed by atoms with Crippen molar-refractivity contribution in [3.05, 3.63) is 28.2 Å². The Balaban J connectivity index is 2.32. The number of halogens is 2. The summed E-state index contributed by atoms with van der Waals surface area (Å²) in [5.41, 5.74) is 0.243. The molecule has 94 valence electrons.